The number of hydrogen-bond acceptors (Lipinski definition) is 6. The van der Waals surface area contributed by atoms with Gasteiger partial charge in [-0.05, 0) is 42.0 Å². The number of allylic oxidation sites excluding steroid dienone is 2. The summed E-state index contributed by atoms with van der Waals surface area (Å²) in [6.07, 6.45) is 5.83. The molecule has 0 bridgehead atoms. The molecule has 5 rings (SSSR count). The largest absolute Gasteiger partial charge is 0.328 e. The number of ketones is 1. The molecule has 0 amide bonds. The molecule has 0 saturated heterocycles. The van der Waals surface area contributed by atoms with E-state index in [9.17, 15) is 4.79 Å². The van der Waals surface area contributed by atoms with Crippen LogP contribution in [0.4, 0.5) is 5.95 Å². The summed E-state index contributed by atoms with van der Waals surface area (Å²) >= 11 is 1.61. The number of thiophene rings is 1. The van der Waals surface area contributed by atoms with Gasteiger partial charge in [0, 0.05) is 30.1 Å². The fourth-order valence-corrected chi connectivity index (χ4v) is 4.17. The first-order chi connectivity index (χ1) is 12.3. The Bertz CT molecular complexity index is 974. The van der Waals surface area contributed by atoms with Crippen molar-refractivity contribution >= 4 is 23.1 Å². The number of carbonyl (C=O) groups is 1. The van der Waals surface area contributed by atoms with Gasteiger partial charge in [-0.2, -0.15) is 4.98 Å². The number of anilines is 1. The summed E-state index contributed by atoms with van der Waals surface area (Å²) in [5.74, 6) is 1.57. The number of pyridine rings is 1. The molecule has 124 valence electrons. The van der Waals surface area contributed by atoms with Gasteiger partial charge in [-0.1, -0.05) is 6.07 Å². The second-order valence-electron chi connectivity index (χ2n) is 6.16. The molecule has 0 saturated carbocycles. The number of hydrogen-bond donors (Lipinski definition) is 1. The van der Waals surface area contributed by atoms with Crippen molar-refractivity contribution < 1.29 is 4.79 Å². The van der Waals surface area contributed by atoms with Crippen LogP contribution < -0.4 is 5.32 Å². The van der Waals surface area contributed by atoms with E-state index in [4.69, 9.17) is 5.10 Å². The van der Waals surface area contributed by atoms with Gasteiger partial charge >= 0.3 is 0 Å². The Hall–Kier alpha value is -2.80. The lowest BCUT2D eigenvalue weighted by Crippen LogP contribution is -2.31. The summed E-state index contributed by atoms with van der Waals surface area (Å²) in [6.45, 7) is 0. The van der Waals surface area contributed by atoms with Crippen LogP contribution in [-0.2, 0) is 4.79 Å². The molecule has 7 heteroatoms. The molecule has 3 aromatic heterocycles. The van der Waals surface area contributed by atoms with E-state index in [0.29, 0.717) is 18.2 Å². The van der Waals surface area contributed by atoms with E-state index in [1.165, 1.54) is 0 Å². The van der Waals surface area contributed by atoms with Gasteiger partial charge in [-0.15, -0.1) is 16.4 Å². The second kappa shape index (κ2) is 5.63. The summed E-state index contributed by atoms with van der Waals surface area (Å²) in [7, 11) is 0. The quantitative estimate of drug-likeness (QED) is 0.767. The van der Waals surface area contributed by atoms with Gasteiger partial charge < -0.3 is 5.32 Å². The number of nitrogens with one attached hydrogen (secondary N) is 1. The lowest BCUT2D eigenvalue weighted by Gasteiger charge is -2.32. The van der Waals surface area contributed by atoms with Crippen molar-refractivity contribution in [1.82, 2.24) is 19.7 Å². The monoisotopic (exact) mass is 349 g/mol. The minimum Gasteiger partial charge on any atom is -0.328 e. The molecule has 1 unspecified atom stereocenters. The first kappa shape index (κ1) is 14.5. The number of rotatable bonds is 2. The van der Waals surface area contributed by atoms with E-state index in [0.717, 1.165) is 34.6 Å². The third-order valence-electron chi connectivity index (χ3n) is 4.63. The number of Topliss-reactive ketones (excluding diaryl/α,β-unsaturated/α-hetero) is 1. The van der Waals surface area contributed by atoms with E-state index in [1.54, 1.807) is 23.7 Å². The Morgan fingerprint density at radius 3 is 2.88 bits per heavy atom. The highest BCUT2D eigenvalue weighted by molar-refractivity contribution is 7.13. The zero-order valence-corrected chi connectivity index (χ0v) is 14.2. The smallest absolute Gasteiger partial charge is 0.226 e. The Labute approximate surface area is 148 Å². The predicted molar refractivity (Wildman–Crippen MR) is 95.2 cm³/mol. The fourth-order valence-electron chi connectivity index (χ4n) is 3.52. The zero-order valence-electron chi connectivity index (χ0n) is 13.3. The molecule has 1 aliphatic carbocycles. The molecular weight excluding hydrogens is 334 g/mol. The molecule has 4 heterocycles. The number of fused-ring (bicyclic) bond motifs is 1. The topological polar surface area (TPSA) is 72.7 Å². The van der Waals surface area contributed by atoms with Crippen molar-refractivity contribution in [2.24, 2.45) is 0 Å². The maximum Gasteiger partial charge on any atom is 0.226 e. The second-order valence-corrected chi connectivity index (χ2v) is 7.11. The molecule has 3 aromatic rings. The van der Waals surface area contributed by atoms with Crippen molar-refractivity contribution in [1.29, 1.82) is 0 Å². The van der Waals surface area contributed by atoms with Crippen molar-refractivity contribution in [3.63, 3.8) is 0 Å². The first-order valence-corrected chi connectivity index (χ1v) is 9.13. The predicted octanol–water partition coefficient (Wildman–Crippen LogP) is 3.42. The number of carbonyl (C=O) groups excluding carboxylic acids is 1. The third-order valence-corrected chi connectivity index (χ3v) is 5.50. The zero-order chi connectivity index (χ0) is 16.8. The van der Waals surface area contributed by atoms with E-state index >= 15 is 0 Å². The van der Waals surface area contributed by atoms with E-state index in [-0.39, 0.29) is 11.8 Å². The summed E-state index contributed by atoms with van der Waals surface area (Å²) in [5.41, 5.74) is 2.80. The van der Waals surface area contributed by atoms with Crippen LogP contribution >= 0.6 is 11.3 Å². The van der Waals surface area contributed by atoms with Crippen LogP contribution in [0.3, 0.4) is 0 Å². The van der Waals surface area contributed by atoms with Crippen LogP contribution in [0, 0.1) is 0 Å². The third kappa shape index (κ3) is 2.31. The SMILES string of the molecule is O=C1CCCC2=C1C(c1ccncc1)n1nc(-c3cccs3)nc1N2. The van der Waals surface area contributed by atoms with Crippen LogP contribution in [0.25, 0.3) is 10.7 Å². The molecular formula is C18H15N5OS. The molecule has 1 aliphatic heterocycles. The molecule has 0 radical (unpaired) electrons. The molecule has 0 spiro atoms. The fraction of sp³-hybridized carbons (Fsp3) is 0.222. The molecule has 0 aromatic carbocycles. The highest BCUT2D eigenvalue weighted by Gasteiger charge is 2.36. The lowest BCUT2D eigenvalue weighted by atomic mass is 9.86. The van der Waals surface area contributed by atoms with Gasteiger partial charge in [0.15, 0.2) is 11.6 Å². The van der Waals surface area contributed by atoms with Gasteiger partial charge in [0.2, 0.25) is 5.95 Å². The minimum atomic E-state index is -0.247. The Morgan fingerprint density at radius 1 is 1.20 bits per heavy atom. The summed E-state index contributed by atoms with van der Waals surface area (Å²) in [5, 5.41) is 10.1. The highest BCUT2D eigenvalue weighted by atomic mass is 32.1. The Kier molecular flexibility index (Phi) is 3.27. The highest BCUT2D eigenvalue weighted by Crippen LogP contribution is 2.40. The Balaban J connectivity index is 1.70. The van der Waals surface area contributed by atoms with Gasteiger partial charge in [0.05, 0.1) is 4.88 Å². The summed E-state index contributed by atoms with van der Waals surface area (Å²) in [4.78, 5) is 22.5. The van der Waals surface area contributed by atoms with Crippen LogP contribution in [0.5, 0.6) is 0 Å². The summed E-state index contributed by atoms with van der Waals surface area (Å²) in [6, 6.07) is 7.63. The van der Waals surface area contributed by atoms with Crippen LogP contribution in [-0.4, -0.2) is 25.5 Å². The average Bonchev–Trinajstić information content (AvgIpc) is 3.30. The van der Waals surface area contributed by atoms with E-state index < -0.39 is 0 Å². The standard InChI is InChI=1S/C18H15N5OS/c24-13-4-1-3-12-15(13)16(11-6-8-19-9-7-11)23-18(20-12)21-17(22-23)14-5-2-10-25-14/h2,5-10,16H,1,3-4H2,(H,20,21,22). The van der Waals surface area contributed by atoms with Gasteiger partial charge in [0.25, 0.3) is 0 Å². The molecule has 2 aliphatic rings. The number of nitrogens with zero attached hydrogens (tertiary/aromatic N) is 4. The maximum atomic E-state index is 12.7. The van der Waals surface area contributed by atoms with Crippen molar-refractivity contribution in [3.05, 3.63) is 58.9 Å². The molecule has 1 N–H and O–H groups in total. The first-order valence-electron chi connectivity index (χ1n) is 8.25. The van der Waals surface area contributed by atoms with Gasteiger partial charge in [-0.3, -0.25) is 9.78 Å². The normalized spacial score (nSPS) is 19.4. The Morgan fingerprint density at radius 2 is 2.08 bits per heavy atom. The minimum absolute atomic E-state index is 0.189. The molecule has 1 atom stereocenters. The maximum absolute atomic E-state index is 12.7. The van der Waals surface area contributed by atoms with Crippen LogP contribution in [0.1, 0.15) is 30.9 Å². The lowest BCUT2D eigenvalue weighted by molar-refractivity contribution is -0.116. The number of aromatic nitrogens is 4. The van der Waals surface area contributed by atoms with Crippen LogP contribution in [0.15, 0.2) is 53.3 Å². The summed E-state index contributed by atoms with van der Waals surface area (Å²) < 4.78 is 1.84. The molecule has 25 heavy (non-hydrogen) atoms. The van der Waals surface area contributed by atoms with E-state index in [2.05, 4.69) is 15.3 Å². The van der Waals surface area contributed by atoms with Crippen LogP contribution in [0.2, 0.25) is 0 Å². The van der Waals surface area contributed by atoms with E-state index in [1.807, 2.05) is 34.3 Å². The average molecular weight is 349 g/mol. The van der Waals surface area contributed by atoms with Gasteiger partial charge in [-0.25, -0.2) is 4.68 Å². The molecule has 6 nitrogen and oxygen atoms in total. The molecule has 0 fully saturated rings. The van der Waals surface area contributed by atoms with Gasteiger partial charge in [0.1, 0.15) is 6.04 Å². The van der Waals surface area contributed by atoms with Crippen molar-refractivity contribution in [2.45, 2.75) is 25.3 Å². The van der Waals surface area contributed by atoms with Crippen molar-refractivity contribution in [2.75, 3.05) is 5.32 Å². The van der Waals surface area contributed by atoms with Crippen molar-refractivity contribution in [3.8, 4) is 10.7 Å².